The summed E-state index contributed by atoms with van der Waals surface area (Å²) >= 11 is 0. The predicted molar refractivity (Wildman–Crippen MR) is 116 cm³/mol. The number of aromatic nitrogens is 1. The summed E-state index contributed by atoms with van der Waals surface area (Å²) in [4.78, 5) is 19.3. The van der Waals surface area contributed by atoms with Crippen LogP contribution in [0, 0.1) is 0 Å². The summed E-state index contributed by atoms with van der Waals surface area (Å²) in [5, 5.41) is 6.12. The number of ether oxygens (including phenoxy) is 1. The Kier molecular flexibility index (Phi) is 6.78. The third-order valence-corrected chi connectivity index (χ3v) is 5.97. The lowest BCUT2D eigenvalue weighted by Gasteiger charge is -2.30. The molecule has 1 aromatic carbocycles. The summed E-state index contributed by atoms with van der Waals surface area (Å²) in [6, 6.07) is 7.52. The van der Waals surface area contributed by atoms with Crippen LogP contribution in [0.2, 0.25) is 0 Å². The van der Waals surface area contributed by atoms with E-state index in [4.69, 9.17) is 4.74 Å². The van der Waals surface area contributed by atoms with Gasteiger partial charge in [0.25, 0.3) is 15.9 Å². The molecule has 1 fully saturated rings. The van der Waals surface area contributed by atoms with E-state index in [-0.39, 0.29) is 22.5 Å². The van der Waals surface area contributed by atoms with Crippen LogP contribution in [0.15, 0.2) is 41.4 Å². The molecule has 2 aromatic rings. The number of amides is 1. The number of hydrogen-bond donors (Lipinski definition) is 3. The van der Waals surface area contributed by atoms with Crippen LogP contribution in [0.1, 0.15) is 24.2 Å². The summed E-state index contributed by atoms with van der Waals surface area (Å²) in [5.41, 5.74) is 0.555. The number of rotatable bonds is 7. The zero-order chi connectivity index (χ0) is 21.7. The number of carbonyl (C=O) groups is 1. The standard InChI is InChI=1S/C20H27N5O4S/c1-14(2)23-20(26)18-12-15(13-22-19(18)25-10-8-21-9-11-25)24-30(27,28)17-6-4-16(29-3)5-7-17/h4-7,12-14,21,24H,8-11H2,1-3H3,(H,23,26). The van der Waals surface area contributed by atoms with E-state index in [1.165, 1.54) is 31.5 Å². The molecule has 10 heteroatoms. The van der Waals surface area contributed by atoms with Crippen molar-refractivity contribution in [1.82, 2.24) is 15.6 Å². The fourth-order valence-electron chi connectivity index (χ4n) is 3.12. The Hall–Kier alpha value is -2.85. The van der Waals surface area contributed by atoms with Crippen molar-refractivity contribution in [3.05, 3.63) is 42.1 Å². The molecule has 3 N–H and O–H groups in total. The number of sulfonamides is 1. The predicted octanol–water partition coefficient (Wildman–Crippen LogP) is 1.44. The highest BCUT2D eigenvalue weighted by Gasteiger charge is 2.22. The Balaban J connectivity index is 1.91. The second-order valence-corrected chi connectivity index (χ2v) is 8.92. The maximum absolute atomic E-state index is 12.8. The lowest BCUT2D eigenvalue weighted by atomic mass is 10.2. The van der Waals surface area contributed by atoms with Crippen molar-refractivity contribution in [2.45, 2.75) is 24.8 Å². The van der Waals surface area contributed by atoms with E-state index < -0.39 is 10.0 Å². The number of hydrogen-bond acceptors (Lipinski definition) is 7. The van der Waals surface area contributed by atoms with Gasteiger partial charge in [-0.1, -0.05) is 0 Å². The molecule has 0 unspecified atom stereocenters. The van der Waals surface area contributed by atoms with Crippen molar-refractivity contribution in [2.75, 3.05) is 42.9 Å². The molecule has 1 aliphatic heterocycles. The van der Waals surface area contributed by atoms with Gasteiger partial charge in [-0.15, -0.1) is 0 Å². The van der Waals surface area contributed by atoms with E-state index in [1.54, 1.807) is 12.1 Å². The molecule has 1 aliphatic rings. The van der Waals surface area contributed by atoms with Gasteiger partial charge in [-0.05, 0) is 44.2 Å². The van der Waals surface area contributed by atoms with Crippen molar-refractivity contribution in [3.63, 3.8) is 0 Å². The van der Waals surface area contributed by atoms with Crippen molar-refractivity contribution in [2.24, 2.45) is 0 Å². The highest BCUT2D eigenvalue weighted by molar-refractivity contribution is 7.92. The molecule has 0 spiro atoms. The molecule has 1 amide bonds. The third-order valence-electron chi connectivity index (χ3n) is 4.57. The third kappa shape index (κ3) is 5.19. The van der Waals surface area contributed by atoms with Crippen LogP contribution < -0.4 is 25.0 Å². The number of nitrogens with one attached hydrogen (secondary N) is 3. The Bertz CT molecular complexity index is 987. The SMILES string of the molecule is COc1ccc(S(=O)(=O)Nc2cnc(N3CCNCC3)c(C(=O)NC(C)C)c2)cc1. The molecule has 162 valence electrons. The maximum atomic E-state index is 12.8. The highest BCUT2D eigenvalue weighted by atomic mass is 32.2. The zero-order valence-corrected chi connectivity index (χ0v) is 18.1. The van der Waals surface area contributed by atoms with Crippen molar-refractivity contribution >= 4 is 27.4 Å². The second-order valence-electron chi connectivity index (χ2n) is 7.24. The quantitative estimate of drug-likeness (QED) is 0.606. The molecular formula is C20H27N5O4S. The molecule has 1 aromatic heterocycles. The van der Waals surface area contributed by atoms with Crippen LogP contribution in [0.3, 0.4) is 0 Å². The van der Waals surface area contributed by atoms with Crippen molar-refractivity contribution < 1.29 is 17.9 Å². The second kappa shape index (κ2) is 9.31. The normalized spacial score (nSPS) is 14.5. The van der Waals surface area contributed by atoms with Crippen molar-refractivity contribution in [1.29, 1.82) is 0 Å². The van der Waals surface area contributed by atoms with Crippen LogP contribution in [0.25, 0.3) is 0 Å². The first-order valence-corrected chi connectivity index (χ1v) is 11.2. The Labute approximate surface area is 176 Å². The lowest BCUT2D eigenvalue weighted by Crippen LogP contribution is -2.45. The fraction of sp³-hybridized carbons (Fsp3) is 0.400. The fourth-order valence-corrected chi connectivity index (χ4v) is 4.15. The molecule has 0 atom stereocenters. The van der Waals surface area contributed by atoms with Crippen LogP contribution >= 0.6 is 0 Å². The van der Waals surface area contributed by atoms with Gasteiger partial charge < -0.3 is 20.3 Å². The smallest absolute Gasteiger partial charge is 0.261 e. The molecule has 2 heterocycles. The Morgan fingerprint density at radius 1 is 1.20 bits per heavy atom. The Morgan fingerprint density at radius 2 is 1.87 bits per heavy atom. The number of methoxy groups -OCH3 is 1. The van der Waals surface area contributed by atoms with Gasteiger partial charge in [0.1, 0.15) is 11.6 Å². The maximum Gasteiger partial charge on any atom is 0.261 e. The van der Waals surface area contributed by atoms with Crippen LogP contribution in [-0.4, -0.2) is 58.6 Å². The zero-order valence-electron chi connectivity index (χ0n) is 17.3. The van der Waals surface area contributed by atoms with Gasteiger partial charge in [0, 0.05) is 32.2 Å². The highest BCUT2D eigenvalue weighted by Crippen LogP contribution is 2.24. The average Bonchev–Trinajstić information content (AvgIpc) is 2.73. The van der Waals surface area contributed by atoms with Crippen LogP contribution in [0.4, 0.5) is 11.5 Å². The summed E-state index contributed by atoms with van der Waals surface area (Å²) in [5.74, 6) is 0.808. The molecule has 0 bridgehead atoms. The summed E-state index contributed by atoms with van der Waals surface area (Å²) < 4.78 is 33.1. The topological polar surface area (TPSA) is 113 Å². The first kappa shape index (κ1) is 21.8. The van der Waals surface area contributed by atoms with E-state index in [2.05, 4.69) is 20.3 Å². The van der Waals surface area contributed by atoms with Gasteiger partial charge in [-0.25, -0.2) is 13.4 Å². The number of nitrogens with zero attached hydrogens (tertiary/aromatic N) is 2. The number of piperazine rings is 1. The molecule has 1 saturated heterocycles. The largest absolute Gasteiger partial charge is 0.497 e. The van der Waals surface area contributed by atoms with E-state index >= 15 is 0 Å². The van der Waals surface area contributed by atoms with E-state index in [0.717, 1.165) is 13.1 Å². The van der Waals surface area contributed by atoms with Gasteiger partial charge in [0.2, 0.25) is 0 Å². The number of pyridine rings is 1. The summed E-state index contributed by atoms with van der Waals surface area (Å²) in [6.45, 7) is 6.74. The van der Waals surface area contributed by atoms with Gasteiger partial charge in [0.05, 0.1) is 29.5 Å². The van der Waals surface area contributed by atoms with Crippen molar-refractivity contribution in [3.8, 4) is 5.75 Å². The average molecular weight is 434 g/mol. The van der Waals surface area contributed by atoms with Gasteiger partial charge in [-0.3, -0.25) is 9.52 Å². The minimum Gasteiger partial charge on any atom is -0.497 e. The molecular weight excluding hydrogens is 406 g/mol. The summed E-state index contributed by atoms with van der Waals surface area (Å²) in [6.07, 6.45) is 1.44. The van der Waals surface area contributed by atoms with E-state index in [9.17, 15) is 13.2 Å². The number of benzene rings is 1. The van der Waals surface area contributed by atoms with E-state index in [1.807, 2.05) is 18.7 Å². The molecule has 3 rings (SSSR count). The van der Waals surface area contributed by atoms with Gasteiger partial charge in [-0.2, -0.15) is 0 Å². The minimum absolute atomic E-state index is 0.0620. The van der Waals surface area contributed by atoms with Gasteiger partial charge in [0.15, 0.2) is 0 Å². The number of anilines is 2. The molecule has 9 nitrogen and oxygen atoms in total. The lowest BCUT2D eigenvalue weighted by molar-refractivity contribution is 0.0943. The molecule has 0 saturated carbocycles. The van der Waals surface area contributed by atoms with Gasteiger partial charge >= 0.3 is 0 Å². The number of carbonyl (C=O) groups excluding carboxylic acids is 1. The first-order valence-electron chi connectivity index (χ1n) is 9.73. The van der Waals surface area contributed by atoms with Crippen LogP contribution in [0.5, 0.6) is 5.75 Å². The monoisotopic (exact) mass is 433 g/mol. The van der Waals surface area contributed by atoms with Crippen LogP contribution in [-0.2, 0) is 10.0 Å². The molecule has 30 heavy (non-hydrogen) atoms. The summed E-state index contributed by atoms with van der Waals surface area (Å²) in [7, 11) is -2.33. The minimum atomic E-state index is -3.84. The van der Waals surface area contributed by atoms with E-state index in [0.29, 0.717) is 30.2 Å². The first-order chi connectivity index (χ1) is 14.3. The molecule has 0 aliphatic carbocycles. The Morgan fingerprint density at radius 3 is 2.47 bits per heavy atom. The molecule has 0 radical (unpaired) electrons.